The molecule has 5 aromatic rings. The molecular weight excluding hydrogens is 484 g/mol. The van der Waals surface area contributed by atoms with Gasteiger partial charge in [0.1, 0.15) is 5.75 Å². The summed E-state index contributed by atoms with van der Waals surface area (Å²) in [5, 5.41) is 15.9. The molecule has 0 saturated carbocycles. The SMILES string of the molecule is CCn1c(SCC(=O)N/N=C/c2ccc3c(c2)c2ccccc2n3CC)nnc1-c1ccc(OC)cc1. The molecule has 0 unspecified atom stereocenters. The van der Waals surface area contributed by atoms with Crippen LogP contribution >= 0.6 is 11.8 Å². The Kier molecular flexibility index (Phi) is 7.23. The molecule has 1 N–H and O–H groups in total. The first-order chi connectivity index (χ1) is 18.1. The van der Waals surface area contributed by atoms with E-state index in [2.05, 4.69) is 68.6 Å². The number of benzene rings is 3. The van der Waals surface area contributed by atoms with E-state index in [0.717, 1.165) is 29.2 Å². The summed E-state index contributed by atoms with van der Waals surface area (Å²) < 4.78 is 9.53. The van der Waals surface area contributed by atoms with Gasteiger partial charge in [0, 0.05) is 40.5 Å². The number of carbonyl (C=O) groups is 1. The fourth-order valence-electron chi connectivity index (χ4n) is 4.47. The molecule has 3 aromatic carbocycles. The number of fused-ring (bicyclic) bond motifs is 3. The van der Waals surface area contributed by atoms with Gasteiger partial charge in [0.05, 0.1) is 19.1 Å². The second-order valence-corrected chi connectivity index (χ2v) is 9.34. The number of methoxy groups -OCH3 is 1. The van der Waals surface area contributed by atoms with Crippen molar-refractivity contribution < 1.29 is 9.53 Å². The van der Waals surface area contributed by atoms with E-state index >= 15 is 0 Å². The second-order valence-electron chi connectivity index (χ2n) is 8.40. The minimum Gasteiger partial charge on any atom is -0.497 e. The van der Waals surface area contributed by atoms with Gasteiger partial charge in [-0.3, -0.25) is 4.79 Å². The molecule has 0 spiro atoms. The number of nitrogens with one attached hydrogen (secondary N) is 1. The Morgan fingerprint density at radius 3 is 2.49 bits per heavy atom. The fourth-order valence-corrected chi connectivity index (χ4v) is 5.26. The third-order valence-corrected chi connectivity index (χ3v) is 7.20. The number of thioether (sulfide) groups is 1. The van der Waals surface area contributed by atoms with Crippen LogP contribution in [0, 0.1) is 0 Å². The Morgan fingerprint density at radius 2 is 1.73 bits per heavy atom. The molecule has 0 saturated heterocycles. The summed E-state index contributed by atoms with van der Waals surface area (Å²) in [6.45, 7) is 5.77. The van der Waals surface area contributed by atoms with Crippen LogP contribution in [-0.2, 0) is 17.9 Å². The maximum atomic E-state index is 12.5. The van der Waals surface area contributed by atoms with Gasteiger partial charge in [-0.15, -0.1) is 10.2 Å². The number of carbonyl (C=O) groups excluding carboxylic acids is 1. The number of ether oxygens (including phenoxy) is 1. The van der Waals surface area contributed by atoms with Crippen LogP contribution in [0.25, 0.3) is 33.2 Å². The zero-order valence-corrected chi connectivity index (χ0v) is 21.8. The van der Waals surface area contributed by atoms with Crippen molar-refractivity contribution in [1.29, 1.82) is 0 Å². The molecule has 0 fully saturated rings. The smallest absolute Gasteiger partial charge is 0.250 e. The van der Waals surface area contributed by atoms with Crippen molar-refractivity contribution in [3.05, 3.63) is 72.3 Å². The van der Waals surface area contributed by atoms with Crippen LogP contribution in [0.5, 0.6) is 5.75 Å². The van der Waals surface area contributed by atoms with Gasteiger partial charge in [-0.1, -0.05) is 36.0 Å². The Hall–Kier alpha value is -4.11. The maximum Gasteiger partial charge on any atom is 0.250 e. The van der Waals surface area contributed by atoms with Gasteiger partial charge in [-0.2, -0.15) is 5.10 Å². The molecule has 9 heteroatoms. The summed E-state index contributed by atoms with van der Waals surface area (Å²) in [4.78, 5) is 12.5. The lowest BCUT2D eigenvalue weighted by Gasteiger charge is -2.07. The molecule has 1 amide bonds. The normalized spacial score (nSPS) is 11.5. The van der Waals surface area contributed by atoms with E-state index in [1.807, 2.05) is 41.8 Å². The monoisotopic (exact) mass is 512 g/mol. The van der Waals surface area contributed by atoms with Crippen LogP contribution < -0.4 is 10.2 Å². The van der Waals surface area contributed by atoms with Crippen LogP contribution in [0.15, 0.2) is 77.0 Å². The molecular formula is C28H28N6O2S. The summed E-state index contributed by atoms with van der Waals surface area (Å²) in [5.74, 6) is 1.51. The second kappa shape index (κ2) is 10.9. The highest BCUT2D eigenvalue weighted by atomic mass is 32.2. The predicted molar refractivity (Wildman–Crippen MR) is 149 cm³/mol. The van der Waals surface area contributed by atoms with Crippen LogP contribution in [0.2, 0.25) is 0 Å². The van der Waals surface area contributed by atoms with E-state index in [0.29, 0.717) is 11.7 Å². The lowest BCUT2D eigenvalue weighted by Crippen LogP contribution is -2.20. The standard InChI is InChI=1S/C28H28N6O2S/c1-4-33-24-9-7-6-8-22(24)23-16-19(10-15-25(23)33)17-29-30-26(35)18-37-28-32-31-27(34(28)5-2)20-11-13-21(36-3)14-12-20/h6-17H,4-5,18H2,1-3H3,(H,30,35)/b29-17+. The zero-order chi connectivity index (χ0) is 25.8. The van der Waals surface area contributed by atoms with Gasteiger partial charge < -0.3 is 13.9 Å². The lowest BCUT2D eigenvalue weighted by molar-refractivity contribution is -0.118. The number of para-hydroxylation sites is 1. The number of hydrazone groups is 1. The summed E-state index contributed by atoms with van der Waals surface area (Å²) in [6, 6.07) is 22.3. The predicted octanol–water partition coefficient (Wildman–Crippen LogP) is 5.34. The summed E-state index contributed by atoms with van der Waals surface area (Å²) in [6.07, 6.45) is 1.68. The van der Waals surface area contributed by atoms with E-state index in [1.165, 1.54) is 33.6 Å². The third-order valence-electron chi connectivity index (χ3n) is 6.23. The van der Waals surface area contributed by atoms with Crippen LogP contribution in [-0.4, -0.2) is 44.3 Å². The van der Waals surface area contributed by atoms with Crippen molar-refractivity contribution in [1.82, 2.24) is 24.8 Å². The molecule has 0 aliphatic rings. The van der Waals surface area contributed by atoms with Gasteiger partial charge >= 0.3 is 0 Å². The number of amides is 1. The summed E-state index contributed by atoms with van der Waals surface area (Å²) in [7, 11) is 1.64. The minimum atomic E-state index is -0.207. The van der Waals surface area contributed by atoms with Crippen LogP contribution in [0.1, 0.15) is 19.4 Å². The van der Waals surface area contributed by atoms with Crippen molar-refractivity contribution in [3.63, 3.8) is 0 Å². The van der Waals surface area contributed by atoms with Crippen molar-refractivity contribution in [3.8, 4) is 17.1 Å². The molecule has 0 atom stereocenters. The lowest BCUT2D eigenvalue weighted by atomic mass is 10.1. The first-order valence-corrected chi connectivity index (χ1v) is 13.1. The van der Waals surface area contributed by atoms with Crippen molar-refractivity contribution in [2.75, 3.05) is 12.9 Å². The Balaban J connectivity index is 1.24. The van der Waals surface area contributed by atoms with Crippen LogP contribution in [0.4, 0.5) is 0 Å². The molecule has 0 radical (unpaired) electrons. The van der Waals surface area contributed by atoms with Gasteiger partial charge in [0.2, 0.25) is 0 Å². The van der Waals surface area contributed by atoms with Crippen molar-refractivity contribution >= 4 is 45.7 Å². The van der Waals surface area contributed by atoms with E-state index in [4.69, 9.17) is 4.74 Å². The highest BCUT2D eigenvalue weighted by molar-refractivity contribution is 7.99. The first-order valence-electron chi connectivity index (χ1n) is 12.2. The largest absolute Gasteiger partial charge is 0.497 e. The first kappa shape index (κ1) is 24.6. The molecule has 0 aliphatic heterocycles. The molecule has 37 heavy (non-hydrogen) atoms. The molecule has 8 nitrogen and oxygen atoms in total. The van der Waals surface area contributed by atoms with Crippen molar-refractivity contribution in [2.45, 2.75) is 32.1 Å². The minimum absolute atomic E-state index is 0.182. The number of hydrogen-bond donors (Lipinski definition) is 1. The van der Waals surface area contributed by atoms with Gasteiger partial charge in [-0.05, 0) is 61.9 Å². The van der Waals surface area contributed by atoms with Gasteiger partial charge in [0.25, 0.3) is 5.91 Å². The van der Waals surface area contributed by atoms with Crippen molar-refractivity contribution in [2.24, 2.45) is 5.10 Å². The molecule has 0 bridgehead atoms. The van der Waals surface area contributed by atoms with E-state index < -0.39 is 0 Å². The number of nitrogens with zero attached hydrogens (tertiary/aromatic N) is 5. The molecule has 5 rings (SSSR count). The fraction of sp³-hybridized carbons (Fsp3) is 0.214. The molecule has 2 heterocycles. The van der Waals surface area contributed by atoms with E-state index in [-0.39, 0.29) is 11.7 Å². The van der Waals surface area contributed by atoms with Crippen LogP contribution in [0.3, 0.4) is 0 Å². The zero-order valence-electron chi connectivity index (χ0n) is 21.0. The molecule has 188 valence electrons. The maximum absolute atomic E-state index is 12.5. The highest BCUT2D eigenvalue weighted by Gasteiger charge is 2.15. The molecule has 2 aromatic heterocycles. The molecule has 0 aliphatic carbocycles. The topological polar surface area (TPSA) is 86.3 Å². The van der Waals surface area contributed by atoms with E-state index in [9.17, 15) is 4.79 Å². The Labute approximate surface area is 219 Å². The quantitative estimate of drug-likeness (QED) is 0.164. The highest BCUT2D eigenvalue weighted by Crippen LogP contribution is 2.29. The average molecular weight is 513 g/mol. The Morgan fingerprint density at radius 1 is 0.973 bits per heavy atom. The van der Waals surface area contributed by atoms with Gasteiger partial charge in [0.15, 0.2) is 11.0 Å². The number of hydrogen-bond acceptors (Lipinski definition) is 6. The van der Waals surface area contributed by atoms with E-state index in [1.54, 1.807) is 13.3 Å². The summed E-state index contributed by atoms with van der Waals surface area (Å²) in [5.41, 5.74) is 6.90. The number of aryl methyl sites for hydroxylation is 1. The number of aromatic nitrogens is 4. The number of rotatable bonds is 9. The van der Waals surface area contributed by atoms with Gasteiger partial charge in [-0.25, -0.2) is 5.43 Å². The summed E-state index contributed by atoms with van der Waals surface area (Å²) >= 11 is 1.33. The third kappa shape index (κ3) is 4.95. The Bertz CT molecular complexity index is 1590. The average Bonchev–Trinajstić information content (AvgIpc) is 3.50.